The second kappa shape index (κ2) is 5.84. The summed E-state index contributed by atoms with van der Waals surface area (Å²) in [6, 6.07) is 12.6. The smallest absolute Gasteiger partial charge is 0.0807 e. The monoisotopic (exact) mass is 229 g/mol. The van der Waals surface area contributed by atoms with Crippen LogP contribution >= 0.6 is 0 Å². The van der Waals surface area contributed by atoms with Crippen LogP contribution in [0.2, 0.25) is 0 Å². The number of hydrogen-bond donors (Lipinski definition) is 0. The molecule has 90 valence electrons. The molecular formula is C15H19NO. The summed E-state index contributed by atoms with van der Waals surface area (Å²) in [4.78, 5) is 0. The van der Waals surface area contributed by atoms with Crippen molar-refractivity contribution in [3.8, 4) is 6.07 Å². The maximum atomic E-state index is 9.31. The first-order valence-corrected chi connectivity index (χ1v) is 6.38. The number of nitrogens with zero attached hydrogens (tertiary/aromatic N) is 1. The van der Waals surface area contributed by atoms with E-state index in [1.54, 1.807) is 0 Å². The second-order valence-electron chi connectivity index (χ2n) is 4.93. The van der Waals surface area contributed by atoms with E-state index in [0.29, 0.717) is 13.2 Å². The van der Waals surface area contributed by atoms with E-state index in [1.807, 2.05) is 18.2 Å². The lowest BCUT2D eigenvalue weighted by Gasteiger charge is -2.30. The van der Waals surface area contributed by atoms with Gasteiger partial charge in [0, 0.05) is 0 Å². The normalized spacial score (nSPS) is 18.5. The lowest BCUT2D eigenvalue weighted by atomic mass is 9.76. The van der Waals surface area contributed by atoms with Crippen LogP contribution in [0.4, 0.5) is 0 Å². The fourth-order valence-corrected chi connectivity index (χ4v) is 2.46. The molecule has 0 bridgehead atoms. The van der Waals surface area contributed by atoms with E-state index in [-0.39, 0.29) is 5.41 Å². The average molecular weight is 229 g/mol. The molecule has 0 radical (unpaired) electrons. The highest BCUT2D eigenvalue weighted by molar-refractivity contribution is 5.13. The van der Waals surface area contributed by atoms with Crippen LogP contribution in [0.3, 0.4) is 0 Å². The van der Waals surface area contributed by atoms with Crippen LogP contribution in [0.1, 0.15) is 37.7 Å². The molecule has 0 aromatic heterocycles. The highest BCUT2D eigenvalue weighted by atomic mass is 16.5. The number of ether oxygens (including phenoxy) is 1. The van der Waals surface area contributed by atoms with E-state index in [9.17, 15) is 5.26 Å². The molecule has 2 heteroatoms. The van der Waals surface area contributed by atoms with Gasteiger partial charge in [-0.1, -0.05) is 49.6 Å². The van der Waals surface area contributed by atoms with Crippen molar-refractivity contribution in [2.24, 2.45) is 5.41 Å². The van der Waals surface area contributed by atoms with Gasteiger partial charge in [0.05, 0.1) is 24.7 Å². The largest absolute Gasteiger partial charge is 0.375 e. The van der Waals surface area contributed by atoms with E-state index in [1.165, 1.54) is 24.8 Å². The van der Waals surface area contributed by atoms with Gasteiger partial charge < -0.3 is 4.74 Å². The third-order valence-electron chi connectivity index (χ3n) is 3.54. The molecule has 0 saturated heterocycles. The second-order valence-corrected chi connectivity index (χ2v) is 4.93. The zero-order valence-electron chi connectivity index (χ0n) is 10.2. The van der Waals surface area contributed by atoms with Crippen LogP contribution in [-0.4, -0.2) is 6.61 Å². The molecule has 1 aromatic rings. The average Bonchev–Trinajstić information content (AvgIpc) is 2.41. The molecule has 0 N–H and O–H groups in total. The lowest BCUT2D eigenvalue weighted by molar-refractivity contribution is 0.0421. The van der Waals surface area contributed by atoms with Crippen molar-refractivity contribution in [2.45, 2.75) is 38.7 Å². The van der Waals surface area contributed by atoms with Crippen molar-refractivity contribution in [3.05, 3.63) is 35.9 Å². The van der Waals surface area contributed by atoms with Crippen molar-refractivity contribution in [2.75, 3.05) is 6.61 Å². The first-order chi connectivity index (χ1) is 8.35. The van der Waals surface area contributed by atoms with Gasteiger partial charge >= 0.3 is 0 Å². The van der Waals surface area contributed by atoms with Crippen LogP contribution in [0, 0.1) is 16.7 Å². The predicted octanol–water partition coefficient (Wildman–Crippen LogP) is 3.68. The molecule has 17 heavy (non-hydrogen) atoms. The maximum absolute atomic E-state index is 9.31. The molecule has 0 unspecified atom stereocenters. The first-order valence-electron chi connectivity index (χ1n) is 6.38. The fourth-order valence-electron chi connectivity index (χ4n) is 2.46. The van der Waals surface area contributed by atoms with E-state index in [0.717, 1.165) is 12.8 Å². The molecule has 1 aliphatic rings. The maximum Gasteiger partial charge on any atom is 0.0807 e. The minimum atomic E-state index is -0.215. The third-order valence-corrected chi connectivity index (χ3v) is 3.54. The van der Waals surface area contributed by atoms with Crippen LogP contribution < -0.4 is 0 Å². The van der Waals surface area contributed by atoms with Crippen LogP contribution in [0.25, 0.3) is 0 Å². The van der Waals surface area contributed by atoms with Gasteiger partial charge in [-0.3, -0.25) is 0 Å². The van der Waals surface area contributed by atoms with Crippen LogP contribution in [0.5, 0.6) is 0 Å². The van der Waals surface area contributed by atoms with E-state index < -0.39 is 0 Å². The summed E-state index contributed by atoms with van der Waals surface area (Å²) in [5, 5.41) is 9.31. The molecular weight excluding hydrogens is 210 g/mol. The zero-order chi connectivity index (χ0) is 12.0. The van der Waals surface area contributed by atoms with Gasteiger partial charge in [-0.2, -0.15) is 5.26 Å². The van der Waals surface area contributed by atoms with Gasteiger partial charge in [0.2, 0.25) is 0 Å². The minimum absolute atomic E-state index is 0.215. The Bertz CT molecular complexity index is 374. The summed E-state index contributed by atoms with van der Waals surface area (Å²) >= 11 is 0. The zero-order valence-corrected chi connectivity index (χ0v) is 10.2. The molecule has 1 saturated carbocycles. The molecule has 1 aromatic carbocycles. The Morgan fingerprint density at radius 1 is 1.12 bits per heavy atom. The molecule has 1 aliphatic carbocycles. The standard InChI is InChI=1S/C15H19NO/c16-12-15(9-5-2-6-10-15)13-17-11-14-7-3-1-4-8-14/h1,3-4,7-8H,2,5-6,9-11,13H2. The Morgan fingerprint density at radius 2 is 1.82 bits per heavy atom. The Morgan fingerprint density at radius 3 is 2.47 bits per heavy atom. The summed E-state index contributed by atoms with van der Waals surface area (Å²) in [7, 11) is 0. The summed E-state index contributed by atoms with van der Waals surface area (Å²) in [5.74, 6) is 0. The van der Waals surface area contributed by atoms with Crippen molar-refractivity contribution in [1.29, 1.82) is 5.26 Å². The molecule has 0 aliphatic heterocycles. The quantitative estimate of drug-likeness (QED) is 0.789. The summed E-state index contributed by atoms with van der Waals surface area (Å²) in [6.07, 6.45) is 5.60. The Labute approximate surface area is 103 Å². The SMILES string of the molecule is N#CC1(COCc2ccccc2)CCCCC1. The number of hydrogen-bond acceptors (Lipinski definition) is 2. The van der Waals surface area contributed by atoms with Crippen molar-refractivity contribution in [3.63, 3.8) is 0 Å². The van der Waals surface area contributed by atoms with Crippen molar-refractivity contribution in [1.82, 2.24) is 0 Å². The van der Waals surface area contributed by atoms with E-state index in [2.05, 4.69) is 18.2 Å². The Balaban J connectivity index is 1.83. The molecule has 0 atom stereocenters. The molecule has 0 spiro atoms. The molecule has 0 amide bonds. The first kappa shape index (κ1) is 12.1. The molecule has 2 rings (SSSR count). The van der Waals surface area contributed by atoms with Gasteiger partial charge in [-0.05, 0) is 18.4 Å². The summed E-state index contributed by atoms with van der Waals surface area (Å²) in [6.45, 7) is 1.20. The van der Waals surface area contributed by atoms with Gasteiger partial charge in [-0.25, -0.2) is 0 Å². The topological polar surface area (TPSA) is 33.0 Å². The number of rotatable bonds is 4. The third kappa shape index (κ3) is 3.31. The van der Waals surface area contributed by atoms with Gasteiger partial charge in [0.15, 0.2) is 0 Å². The molecule has 2 nitrogen and oxygen atoms in total. The van der Waals surface area contributed by atoms with Crippen molar-refractivity contribution < 1.29 is 4.74 Å². The predicted molar refractivity (Wildman–Crippen MR) is 67.2 cm³/mol. The number of benzene rings is 1. The van der Waals surface area contributed by atoms with Crippen molar-refractivity contribution >= 4 is 0 Å². The van der Waals surface area contributed by atoms with E-state index in [4.69, 9.17) is 4.74 Å². The van der Waals surface area contributed by atoms with Gasteiger partial charge in [0.25, 0.3) is 0 Å². The minimum Gasteiger partial charge on any atom is -0.375 e. The van der Waals surface area contributed by atoms with Crippen LogP contribution in [0.15, 0.2) is 30.3 Å². The number of nitriles is 1. The summed E-state index contributed by atoms with van der Waals surface area (Å²) < 4.78 is 5.73. The molecule has 1 fully saturated rings. The summed E-state index contributed by atoms with van der Waals surface area (Å²) in [5.41, 5.74) is 0.962. The highest BCUT2D eigenvalue weighted by Crippen LogP contribution is 2.35. The lowest BCUT2D eigenvalue weighted by Crippen LogP contribution is -2.27. The Kier molecular flexibility index (Phi) is 4.17. The van der Waals surface area contributed by atoms with Gasteiger partial charge in [0.1, 0.15) is 0 Å². The van der Waals surface area contributed by atoms with Crippen LogP contribution in [-0.2, 0) is 11.3 Å². The molecule has 0 heterocycles. The highest BCUT2D eigenvalue weighted by Gasteiger charge is 2.32. The fraction of sp³-hybridized carbons (Fsp3) is 0.533. The van der Waals surface area contributed by atoms with E-state index >= 15 is 0 Å². The van der Waals surface area contributed by atoms with Gasteiger partial charge in [-0.15, -0.1) is 0 Å². The Hall–Kier alpha value is -1.33.